The highest BCUT2D eigenvalue weighted by Crippen LogP contribution is 2.03. The Kier molecular flexibility index (Phi) is 8.27. The van der Waals surface area contributed by atoms with Gasteiger partial charge in [0.15, 0.2) is 5.96 Å². The molecule has 0 saturated heterocycles. The first-order chi connectivity index (χ1) is 8.88. The molecule has 0 heterocycles. The summed E-state index contributed by atoms with van der Waals surface area (Å²) in [6, 6.07) is -1.36. The van der Waals surface area contributed by atoms with Crippen LogP contribution >= 0.6 is 0 Å². The number of nitrogens with zero attached hydrogens (tertiary/aromatic N) is 1. The van der Waals surface area contributed by atoms with Crippen LogP contribution in [0.2, 0.25) is 0 Å². The monoisotopic (exact) mass is 273 g/mol. The normalized spacial score (nSPS) is 13.2. The van der Waals surface area contributed by atoms with Crippen LogP contribution in [0.3, 0.4) is 0 Å². The number of aliphatic imine (C=N–C) groups is 1. The molecule has 0 rings (SSSR count). The zero-order valence-electron chi connectivity index (χ0n) is 11.4. The fraction of sp³-hybridized carbons (Fsp3) is 0.727. The van der Waals surface area contributed by atoms with E-state index in [1.807, 2.05) is 0 Å². The molecule has 0 fully saturated rings. The Morgan fingerprint density at radius 3 is 2.42 bits per heavy atom. The van der Waals surface area contributed by atoms with Crippen molar-refractivity contribution in [3.63, 3.8) is 0 Å². The first kappa shape index (κ1) is 17.2. The third-order valence-corrected chi connectivity index (χ3v) is 2.41. The number of guanidine groups is 1. The fourth-order valence-electron chi connectivity index (χ4n) is 1.36. The van der Waals surface area contributed by atoms with Crippen molar-refractivity contribution in [2.45, 2.75) is 38.3 Å². The number of nitrogens with one attached hydrogen (secondary N) is 1. The standard InChI is InChI=1S/C11H23N5O3/c1-7(12)9(17)16-8(10(18)19-2)5-3-4-6-15-11(13)14/h7-8H,3-6,12H2,1-2H3,(H,16,17)(H4,13,14,15)/t7-,8-/m0/s1. The zero-order chi connectivity index (χ0) is 14.8. The molecule has 8 heteroatoms. The number of unbranched alkanes of at least 4 members (excludes halogenated alkanes) is 1. The average Bonchev–Trinajstić information content (AvgIpc) is 2.35. The Bertz CT molecular complexity index is 326. The molecule has 1 amide bonds. The minimum atomic E-state index is -0.692. The Morgan fingerprint density at radius 2 is 1.95 bits per heavy atom. The molecule has 2 atom stereocenters. The van der Waals surface area contributed by atoms with Crippen LogP contribution in [0.4, 0.5) is 0 Å². The first-order valence-electron chi connectivity index (χ1n) is 6.07. The van der Waals surface area contributed by atoms with Crippen molar-refractivity contribution in [1.29, 1.82) is 0 Å². The van der Waals surface area contributed by atoms with Crippen molar-refractivity contribution in [3.8, 4) is 0 Å². The highest BCUT2D eigenvalue weighted by molar-refractivity contribution is 5.87. The van der Waals surface area contributed by atoms with Crippen LogP contribution in [-0.2, 0) is 14.3 Å². The maximum absolute atomic E-state index is 11.5. The van der Waals surface area contributed by atoms with Crippen molar-refractivity contribution >= 4 is 17.8 Å². The third-order valence-electron chi connectivity index (χ3n) is 2.41. The lowest BCUT2D eigenvalue weighted by Gasteiger charge is -2.17. The average molecular weight is 273 g/mol. The topological polar surface area (TPSA) is 146 Å². The van der Waals surface area contributed by atoms with E-state index >= 15 is 0 Å². The van der Waals surface area contributed by atoms with E-state index < -0.39 is 18.1 Å². The molecular weight excluding hydrogens is 250 g/mol. The largest absolute Gasteiger partial charge is 0.467 e. The summed E-state index contributed by atoms with van der Waals surface area (Å²) < 4.78 is 4.63. The zero-order valence-corrected chi connectivity index (χ0v) is 11.4. The van der Waals surface area contributed by atoms with Crippen molar-refractivity contribution in [1.82, 2.24) is 5.32 Å². The second-order valence-corrected chi connectivity index (χ2v) is 4.18. The van der Waals surface area contributed by atoms with E-state index in [9.17, 15) is 9.59 Å². The number of carbonyl (C=O) groups excluding carboxylic acids is 2. The van der Waals surface area contributed by atoms with Crippen molar-refractivity contribution < 1.29 is 14.3 Å². The van der Waals surface area contributed by atoms with Crippen LogP contribution in [0.5, 0.6) is 0 Å². The molecule has 0 aromatic rings. The van der Waals surface area contributed by atoms with E-state index in [-0.39, 0.29) is 11.9 Å². The van der Waals surface area contributed by atoms with Gasteiger partial charge in [-0.05, 0) is 26.2 Å². The quantitative estimate of drug-likeness (QED) is 0.182. The van der Waals surface area contributed by atoms with E-state index in [1.54, 1.807) is 6.92 Å². The van der Waals surface area contributed by atoms with E-state index in [0.29, 0.717) is 25.8 Å². The van der Waals surface area contributed by atoms with E-state index in [0.717, 1.165) is 0 Å². The molecule has 8 nitrogen and oxygen atoms in total. The lowest BCUT2D eigenvalue weighted by molar-refractivity contribution is -0.145. The van der Waals surface area contributed by atoms with Crippen molar-refractivity contribution in [2.24, 2.45) is 22.2 Å². The fourth-order valence-corrected chi connectivity index (χ4v) is 1.36. The molecule has 0 saturated carbocycles. The number of carbonyl (C=O) groups is 2. The second-order valence-electron chi connectivity index (χ2n) is 4.18. The third kappa shape index (κ3) is 7.98. The van der Waals surface area contributed by atoms with Gasteiger partial charge in [0.25, 0.3) is 0 Å². The molecule has 7 N–H and O–H groups in total. The van der Waals surface area contributed by atoms with Crippen LogP contribution in [0.15, 0.2) is 4.99 Å². The molecule has 0 bridgehead atoms. The Balaban J connectivity index is 4.18. The SMILES string of the molecule is COC(=O)[C@H](CCCCN=C(N)N)NC(=O)[C@H](C)N. The Hall–Kier alpha value is -1.83. The number of methoxy groups -OCH3 is 1. The second kappa shape index (κ2) is 9.15. The molecule has 110 valence electrons. The van der Waals surface area contributed by atoms with Gasteiger partial charge in [-0.2, -0.15) is 0 Å². The van der Waals surface area contributed by atoms with Gasteiger partial charge in [0.2, 0.25) is 5.91 Å². The Morgan fingerprint density at radius 1 is 1.32 bits per heavy atom. The number of esters is 1. The number of hydrogen-bond acceptors (Lipinski definition) is 5. The highest BCUT2D eigenvalue weighted by Gasteiger charge is 2.22. The van der Waals surface area contributed by atoms with Gasteiger partial charge in [-0.3, -0.25) is 9.79 Å². The van der Waals surface area contributed by atoms with E-state index in [2.05, 4.69) is 15.0 Å². The number of nitrogens with two attached hydrogens (primary N) is 3. The summed E-state index contributed by atoms with van der Waals surface area (Å²) in [5.74, 6) is -0.842. The summed E-state index contributed by atoms with van der Waals surface area (Å²) >= 11 is 0. The first-order valence-corrected chi connectivity index (χ1v) is 6.07. The lowest BCUT2D eigenvalue weighted by atomic mass is 10.1. The maximum Gasteiger partial charge on any atom is 0.328 e. The molecule has 19 heavy (non-hydrogen) atoms. The van der Waals surface area contributed by atoms with Gasteiger partial charge >= 0.3 is 5.97 Å². The number of ether oxygens (including phenoxy) is 1. The predicted octanol–water partition coefficient (Wildman–Crippen LogP) is -1.56. The van der Waals surface area contributed by atoms with Gasteiger partial charge in [0, 0.05) is 6.54 Å². The van der Waals surface area contributed by atoms with Crippen molar-refractivity contribution in [3.05, 3.63) is 0 Å². The number of hydrogen-bond donors (Lipinski definition) is 4. The smallest absolute Gasteiger partial charge is 0.328 e. The molecule has 0 aromatic heterocycles. The molecule has 0 aromatic carbocycles. The van der Waals surface area contributed by atoms with Gasteiger partial charge in [-0.25, -0.2) is 4.79 Å². The predicted molar refractivity (Wildman–Crippen MR) is 72.1 cm³/mol. The summed E-state index contributed by atoms with van der Waals surface area (Å²) in [6.45, 7) is 2.03. The van der Waals surface area contributed by atoms with Gasteiger partial charge in [-0.15, -0.1) is 0 Å². The van der Waals surface area contributed by atoms with E-state index in [1.165, 1.54) is 7.11 Å². The van der Waals surface area contributed by atoms with Crippen LogP contribution in [0.25, 0.3) is 0 Å². The number of rotatable bonds is 8. The van der Waals surface area contributed by atoms with Crippen LogP contribution < -0.4 is 22.5 Å². The summed E-state index contributed by atoms with van der Waals surface area (Å²) in [7, 11) is 1.27. The van der Waals surface area contributed by atoms with Crippen molar-refractivity contribution in [2.75, 3.05) is 13.7 Å². The molecule has 0 radical (unpaired) electrons. The summed E-state index contributed by atoms with van der Waals surface area (Å²) in [4.78, 5) is 26.8. The molecule has 0 aliphatic heterocycles. The van der Waals surface area contributed by atoms with Gasteiger partial charge in [0.1, 0.15) is 6.04 Å². The maximum atomic E-state index is 11.5. The number of amides is 1. The molecule has 0 spiro atoms. The molecule has 0 aliphatic carbocycles. The lowest BCUT2D eigenvalue weighted by Crippen LogP contribution is -2.47. The van der Waals surface area contributed by atoms with Gasteiger partial charge in [-0.1, -0.05) is 0 Å². The molecule has 0 unspecified atom stereocenters. The Labute approximate surface area is 112 Å². The molecule has 0 aliphatic rings. The van der Waals surface area contributed by atoms with Crippen LogP contribution in [-0.4, -0.2) is 43.6 Å². The van der Waals surface area contributed by atoms with Crippen LogP contribution in [0, 0.1) is 0 Å². The minimum absolute atomic E-state index is 0.0368. The van der Waals surface area contributed by atoms with Gasteiger partial charge < -0.3 is 27.3 Å². The molecular formula is C11H23N5O3. The summed E-state index contributed by atoms with van der Waals surface area (Å²) in [6.07, 6.45) is 1.83. The summed E-state index contributed by atoms with van der Waals surface area (Å²) in [5.41, 5.74) is 15.8. The summed E-state index contributed by atoms with van der Waals surface area (Å²) in [5, 5.41) is 2.54. The minimum Gasteiger partial charge on any atom is -0.467 e. The van der Waals surface area contributed by atoms with E-state index in [4.69, 9.17) is 17.2 Å². The van der Waals surface area contributed by atoms with Crippen LogP contribution in [0.1, 0.15) is 26.2 Å². The van der Waals surface area contributed by atoms with Gasteiger partial charge in [0.05, 0.1) is 13.2 Å². The highest BCUT2D eigenvalue weighted by atomic mass is 16.5.